The van der Waals surface area contributed by atoms with E-state index in [4.69, 9.17) is 4.74 Å². The molecule has 0 aromatic rings. The van der Waals surface area contributed by atoms with Crippen LogP contribution in [0.1, 0.15) is 53.9 Å². The number of ether oxygens (including phenoxy) is 1. The third-order valence-electron chi connectivity index (χ3n) is 3.04. The Balaban J connectivity index is 4.37. The van der Waals surface area contributed by atoms with Gasteiger partial charge in [0.2, 0.25) is 0 Å². The molecule has 0 amide bonds. The summed E-state index contributed by atoms with van der Waals surface area (Å²) >= 11 is 0. The normalized spacial score (nSPS) is 17.2. The molecule has 0 saturated heterocycles. The molecule has 0 aromatic carbocycles. The van der Waals surface area contributed by atoms with E-state index in [-0.39, 0.29) is 11.4 Å². The van der Waals surface area contributed by atoms with E-state index in [1.807, 2.05) is 13.8 Å². The van der Waals surface area contributed by atoms with Crippen molar-refractivity contribution in [2.75, 3.05) is 6.61 Å². The molecule has 2 atom stereocenters. The van der Waals surface area contributed by atoms with E-state index in [1.54, 1.807) is 0 Å². The second kappa shape index (κ2) is 6.05. The molecule has 0 radical (unpaired) electrons. The fourth-order valence-corrected chi connectivity index (χ4v) is 1.59. The minimum Gasteiger partial charge on any atom is -0.466 e. The number of carbonyl (C=O) groups is 1. The Hall–Kier alpha value is -0.530. The van der Waals surface area contributed by atoms with Crippen molar-refractivity contribution >= 4 is 5.97 Å². The van der Waals surface area contributed by atoms with Gasteiger partial charge in [0.05, 0.1) is 12.0 Å². The average molecular weight is 200 g/mol. The first kappa shape index (κ1) is 13.5. The van der Waals surface area contributed by atoms with Crippen molar-refractivity contribution in [2.24, 2.45) is 11.3 Å². The highest BCUT2D eigenvalue weighted by Crippen LogP contribution is 2.32. The van der Waals surface area contributed by atoms with Crippen molar-refractivity contribution in [2.45, 2.75) is 53.9 Å². The highest BCUT2D eigenvalue weighted by atomic mass is 16.5. The van der Waals surface area contributed by atoms with Gasteiger partial charge in [-0.15, -0.1) is 0 Å². The maximum absolute atomic E-state index is 11.7. The lowest BCUT2D eigenvalue weighted by Gasteiger charge is -2.28. The summed E-state index contributed by atoms with van der Waals surface area (Å²) in [5.74, 6) is 0.548. The summed E-state index contributed by atoms with van der Waals surface area (Å²) < 4.78 is 5.10. The van der Waals surface area contributed by atoms with Crippen LogP contribution < -0.4 is 0 Å². The molecule has 0 spiro atoms. The van der Waals surface area contributed by atoms with Gasteiger partial charge in [-0.25, -0.2) is 0 Å². The van der Waals surface area contributed by atoms with Crippen LogP contribution in [-0.2, 0) is 9.53 Å². The Morgan fingerprint density at radius 2 is 1.93 bits per heavy atom. The van der Waals surface area contributed by atoms with Gasteiger partial charge in [0.1, 0.15) is 0 Å². The van der Waals surface area contributed by atoms with Crippen molar-refractivity contribution in [3.8, 4) is 0 Å². The molecule has 2 unspecified atom stereocenters. The van der Waals surface area contributed by atoms with Gasteiger partial charge in [-0.3, -0.25) is 4.79 Å². The van der Waals surface area contributed by atoms with E-state index >= 15 is 0 Å². The van der Waals surface area contributed by atoms with Crippen LogP contribution in [0, 0.1) is 11.3 Å². The summed E-state index contributed by atoms with van der Waals surface area (Å²) in [5, 5.41) is 0. The van der Waals surface area contributed by atoms with E-state index in [2.05, 4.69) is 20.8 Å². The largest absolute Gasteiger partial charge is 0.466 e. The molecule has 0 heterocycles. The van der Waals surface area contributed by atoms with Crippen LogP contribution in [0.15, 0.2) is 0 Å². The number of carbonyl (C=O) groups excluding carboxylic acids is 1. The zero-order chi connectivity index (χ0) is 11.2. The van der Waals surface area contributed by atoms with Gasteiger partial charge in [0.25, 0.3) is 0 Å². The standard InChI is InChI=1S/C12H24O2/c1-6-10(4)9-12(5,7-2)11(13)14-8-3/h10H,6-9H2,1-5H3. The lowest BCUT2D eigenvalue weighted by atomic mass is 9.78. The van der Waals surface area contributed by atoms with Crippen LogP contribution in [0.5, 0.6) is 0 Å². The predicted octanol–water partition coefficient (Wildman–Crippen LogP) is 3.40. The van der Waals surface area contributed by atoms with Crippen molar-refractivity contribution in [3.63, 3.8) is 0 Å². The molecule has 0 fully saturated rings. The van der Waals surface area contributed by atoms with Crippen molar-refractivity contribution in [3.05, 3.63) is 0 Å². The maximum atomic E-state index is 11.7. The van der Waals surface area contributed by atoms with Gasteiger partial charge in [0.15, 0.2) is 0 Å². The smallest absolute Gasteiger partial charge is 0.311 e. The Morgan fingerprint density at radius 3 is 2.29 bits per heavy atom. The van der Waals surface area contributed by atoms with Gasteiger partial charge >= 0.3 is 5.97 Å². The highest BCUT2D eigenvalue weighted by molar-refractivity contribution is 5.76. The topological polar surface area (TPSA) is 26.3 Å². The van der Waals surface area contributed by atoms with Crippen LogP contribution >= 0.6 is 0 Å². The predicted molar refractivity (Wildman–Crippen MR) is 59.1 cm³/mol. The Kier molecular flexibility index (Phi) is 5.82. The monoisotopic (exact) mass is 200 g/mol. The number of esters is 1. The van der Waals surface area contributed by atoms with E-state index in [0.29, 0.717) is 12.5 Å². The Morgan fingerprint density at radius 1 is 1.36 bits per heavy atom. The zero-order valence-electron chi connectivity index (χ0n) is 10.2. The maximum Gasteiger partial charge on any atom is 0.311 e. The molecule has 0 aliphatic rings. The Bertz CT molecular complexity index is 177. The van der Waals surface area contributed by atoms with Crippen LogP contribution in [0.4, 0.5) is 0 Å². The number of hydrogen-bond acceptors (Lipinski definition) is 2. The first-order chi connectivity index (χ1) is 6.50. The lowest BCUT2D eigenvalue weighted by Crippen LogP contribution is -2.31. The molecule has 84 valence electrons. The fraction of sp³-hybridized carbons (Fsp3) is 0.917. The lowest BCUT2D eigenvalue weighted by molar-refractivity contribution is -0.155. The van der Waals surface area contributed by atoms with Gasteiger partial charge < -0.3 is 4.74 Å². The SMILES string of the molecule is CCOC(=O)C(C)(CC)CC(C)CC. The van der Waals surface area contributed by atoms with Gasteiger partial charge in [0, 0.05) is 0 Å². The fourth-order valence-electron chi connectivity index (χ4n) is 1.59. The molecule has 0 aliphatic heterocycles. The first-order valence-corrected chi connectivity index (χ1v) is 5.67. The molecule has 2 heteroatoms. The highest BCUT2D eigenvalue weighted by Gasteiger charge is 2.33. The molecule has 0 bridgehead atoms. The van der Waals surface area contributed by atoms with Crippen molar-refractivity contribution in [1.82, 2.24) is 0 Å². The van der Waals surface area contributed by atoms with Crippen molar-refractivity contribution < 1.29 is 9.53 Å². The molecule has 0 saturated carbocycles. The third-order valence-corrected chi connectivity index (χ3v) is 3.04. The summed E-state index contributed by atoms with van der Waals surface area (Å²) in [7, 11) is 0. The minimum absolute atomic E-state index is 0.0391. The van der Waals surface area contributed by atoms with Crippen LogP contribution in [0.3, 0.4) is 0 Å². The second-order valence-electron chi connectivity index (χ2n) is 4.35. The zero-order valence-corrected chi connectivity index (χ0v) is 10.2. The van der Waals surface area contributed by atoms with E-state index < -0.39 is 0 Å². The average Bonchev–Trinajstić information content (AvgIpc) is 2.17. The van der Waals surface area contributed by atoms with Gasteiger partial charge in [-0.1, -0.05) is 27.2 Å². The van der Waals surface area contributed by atoms with Gasteiger partial charge in [-0.2, -0.15) is 0 Å². The van der Waals surface area contributed by atoms with Gasteiger partial charge in [-0.05, 0) is 32.6 Å². The van der Waals surface area contributed by atoms with Crippen LogP contribution in [0.2, 0.25) is 0 Å². The molecule has 2 nitrogen and oxygen atoms in total. The minimum atomic E-state index is -0.286. The summed E-state index contributed by atoms with van der Waals surface area (Å²) in [6.45, 7) is 10.8. The number of hydrogen-bond donors (Lipinski definition) is 0. The quantitative estimate of drug-likeness (QED) is 0.614. The molecular formula is C12H24O2. The molecule has 0 aliphatic carbocycles. The molecule has 0 N–H and O–H groups in total. The van der Waals surface area contributed by atoms with E-state index in [0.717, 1.165) is 19.3 Å². The summed E-state index contributed by atoms with van der Waals surface area (Å²) in [5.41, 5.74) is -0.286. The molecular weight excluding hydrogens is 176 g/mol. The molecule has 0 aromatic heterocycles. The van der Waals surface area contributed by atoms with Crippen LogP contribution in [0.25, 0.3) is 0 Å². The molecule has 14 heavy (non-hydrogen) atoms. The number of rotatable bonds is 6. The molecule has 0 rings (SSSR count). The summed E-state index contributed by atoms with van der Waals surface area (Å²) in [6.07, 6.45) is 2.91. The van der Waals surface area contributed by atoms with Crippen molar-refractivity contribution in [1.29, 1.82) is 0 Å². The van der Waals surface area contributed by atoms with E-state index in [1.165, 1.54) is 0 Å². The third kappa shape index (κ3) is 3.69. The summed E-state index contributed by atoms with van der Waals surface area (Å²) in [6, 6.07) is 0. The van der Waals surface area contributed by atoms with Crippen LogP contribution in [-0.4, -0.2) is 12.6 Å². The van der Waals surface area contributed by atoms with E-state index in [9.17, 15) is 4.79 Å². The summed E-state index contributed by atoms with van der Waals surface area (Å²) in [4.78, 5) is 11.7. The Labute approximate surface area is 88.0 Å². The first-order valence-electron chi connectivity index (χ1n) is 5.67. The second-order valence-corrected chi connectivity index (χ2v) is 4.35.